The van der Waals surface area contributed by atoms with Gasteiger partial charge in [-0.1, -0.05) is 5.16 Å². The number of carbonyl (C=O) groups is 1. The Balaban J connectivity index is 1.49. The van der Waals surface area contributed by atoms with Crippen LogP contribution in [0.1, 0.15) is 22.0 Å². The molecule has 0 aromatic carbocycles. The summed E-state index contributed by atoms with van der Waals surface area (Å²) in [7, 11) is -3.60. The van der Waals surface area contributed by atoms with E-state index < -0.39 is 10.0 Å². The summed E-state index contributed by atoms with van der Waals surface area (Å²) in [5, 5.41) is 6.52. The number of hydrogen-bond donors (Lipinski definition) is 1. The fraction of sp³-hybridized carbons (Fsp3) is 0.500. The minimum absolute atomic E-state index is 0.164. The second-order valence-corrected chi connectivity index (χ2v) is 8.01. The lowest BCUT2D eigenvalue weighted by Gasteiger charge is -2.33. The zero-order chi connectivity index (χ0) is 18.7. The third kappa shape index (κ3) is 3.81. The Morgan fingerprint density at radius 2 is 2.00 bits per heavy atom. The Kier molecular flexibility index (Phi) is 5.44. The van der Waals surface area contributed by atoms with E-state index in [4.69, 9.17) is 8.94 Å². The number of rotatable bonds is 6. The highest BCUT2D eigenvalue weighted by atomic mass is 32.2. The van der Waals surface area contributed by atoms with E-state index in [1.54, 1.807) is 26.0 Å². The van der Waals surface area contributed by atoms with E-state index in [0.717, 1.165) is 0 Å². The zero-order valence-electron chi connectivity index (χ0n) is 14.8. The molecule has 1 fully saturated rings. The summed E-state index contributed by atoms with van der Waals surface area (Å²) in [6, 6.07) is 3.27. The summed E-state index contributed by atoms with van der Waals surface area (Å²) in [6.45, 7) is 6.31. The highest BCUT2D eigenvalue weighted by Crippen LogP contribution is 2.24. The van der Waals surface area contributed by atoms with Crippen LogP contribution in [-0.4, -0.2) is 68.0 Å². The molecule has 1 N–H and O–H groups in total. The van der Waals surface area contributed by atoms with Crippen molar-refractivity contribution < 1.29 is 22.2 Å². The Hall–Kier alpha value is -2.17. The van der Waals surface area contributed by atoms with Crippen LogP contribution in [0.5, 0.6) is 0 Å². The lowest BCUT2D eigenvalue weighted by molar-refractivity contribution is 0.0917. The van der Waals surface area contributed by atoms with Crippen LogP contribution in [0.15, 0.2) is 32.2 Å². The molecule has 0 radical (unpaired) electrons. The second-order valence-electron chi connectivity index (χ2n) is 6.13. The number of aromatic nitrogens is 1. The molecule has 3 rings (SSSR count). The number of piperazine rings is 1. The highest BCUT2D eigenvalue weighted by Gasteiger charge is 2.33. The van der Waals surface area contributed by atoms with Gasteiger partial charge in [0, 0.05) is 39.3 Å². The number of nitrogens with zero attached hydrogens (tertiary/aromatic N) is 3. The highest BCUT2D eigenvalue weighted by molar-refractivity contribution is 7.89. The Bertz CT molecular complexity index is 832. The fourth-order valence-corrected chi connectivity index (χ4v) is 4.70. The van der Waals surface area contributed by atoms with Gasteiger partial charge in [-0.25, -0.2) is 8.42 Å². The Morgan fingerprint density at radius 1 is 1.27 bits per heavy atom. The fourth-order valence-electron chi connectivity index (χ4n) is 2.99. The lowest BCUT2D eigenvalue weighted by atomic mass is 10.3. The first-order chi connectivity index (χ1) is 12.4. The van der Waals surface area contributed by atoms with Gasteiger partial charge in [-0.15, -0.1) is 0 Å². The molecule has 0 atom stereocenters. The molecule has 3 heterocycles. The van der Waals surface area contributed by atoms with Gasteiger partial charge < -0.3 is 14.3 Å². The van der Waals surface area contributed by atoms with Crippen LogP contribution in [0.25, 0.3) is 0 Å². The third-order valence-electron chi connectivity index (χ3n) is 4.36. The summed E-state index contributed by atoms with van der Waals surface area (Å²) < 4.78 is 37.0. The molecule has 26 heavy (non-hydrogen) atoms. The average Bonchev–Trinajstić information content (AvgIpc) is 3.25. The van der Waals surface area contributed by atoms with Crippen LogP contribution in [0.3, 0.4) is 0 Å². The topological polar surface area (TPSA) is 109 Å². The Morgan fingerprint density at radius 3 is 2.58 bits per heavy atom. The van der Waals surface area contributed by atoms with Gasteiger partial charge in [-0.05, 0) is 26.0 Å². The summed E-state index contributed by atoms with van der Waals surface area (Å²) >= 11 is 0. The summed E-state index contributed by atoms with van der Waals surface area (Å²) in [5.41, 5.74) is 0.380. The van der Waals surface area contributed by atoms with Crippen molar-refractivity contribution in [2.45, 2.75) is 18.7 Å². The molecule has 0 unspecified atom stereocenters. The first-order valence-electron chi connectivity index (χ1n) is 8.36. The van der Waals surface area contributed by atoms with Crippen LogP contribution in [-0.2, 0) is 10.0 Å². The van der Waals surface area contributed by atoms with Crippen molar-refractivity contribution in [1.82, 2.24) is 19.7 Å². The lowest BCUT2D eigenvalue weighted by Crippen LogP contribution is -2.50. The molecule has 0 spiro atoms. The number of furan rings is 1. The van der Waals surface area contributed by atoms with Crippen LogP contribution >= 0.6 is 0 Å². The summed E-state index contributed by atoms with van der Waals surface area (Å²) in [5.74, 6) is 0.334. The number of amides is 1. The molecule has 10 heteroatoms. The molecule has 9 nitrogen and oxygen atoms in total. The quantitative estimate of drug-likeness (QED) is 0.780. The smallest absolute Gasteiger partial charge is 0.287 e. The molecule has 1 aliphatic rings. The van der Waals surface area contributed by atoms with Crippen molar-refractivity contribution in [2.75, 3.05) is 39.3 Å². The van der Waals surface area contributed by atoms with Gasteiger partial charge in [0.2, 0.25) is 10.0 Å². The van der Waals surface area contributed by atoms with E-state index in [0.29, 0.717) is 50.7 Å². The van der Waals surface area contributed by atoms with Crippen LogP contribution in [0, 0.1) is 13.8 Å². The Labute approximate surface area is 152 Å². The first kappa shape index (κ1) is 18.6. The van der Waals surface area contributed by atoms with Gasteiger partial charge in [0.25, 0.3) is 5.91 Å². The SMILES string of the molecule is Cc1noc(C)c1S(=O)(=O)N1CCN(CCNC(=O)c2ccco2)CC1. The average molecular weight is 382 g/mol. The molecular weight excluding hydrogens is 360 g/mol. The maximum atomic E-state index is 12.8. The van der Waals surface area contributed by atoms with Gasteiger partial charge in [-0.2, -0.15) is 4.31 Å². The monoisotopic (exact) mass is 382 g/mol. The molecule has 1 amide bonds. The van der Waals surface area contributed by atoms with E-state index >= 15 is 0 Å². The number of sulfonamides is 1. The van der Waals surface area contributed by atoms with Crippen LogP contribution < -0.4 is 5.32 Å². The third-order valence-corrected chi connectivity index (χ3v) is 6.50. The molecule has 1 saturated heterocycles. The summed E-state index contributed by atoms with van der Waals surface area (Å²) in [4.78, 5) is 14.1. The molecule has 2 aromatic heterocycles. The van der Waals surface area contributed by atoms with E-state index in [1.807, 2.05) is 0 Å². The molecular formula is C16H22N4O5S. The van der Waals surface area contributed by atoms with Crippen LogP contribution in [0.2, 0.25) is 0 Å². The predicted molar refractivity (Wildman–Crippen MR) is 92.2 cm³/mol. The van der Waals surface area contributed by atoms with Crippen molar-refractivity contribution in [3.05, 3.63) is 35.6 Å². The largest absolute Gasteiger partial charge is 0.459 e. The van der Waals surface area contributed by atoms with E-state index in [-0.39, 0.29) is 16.6 Å². The molecule has 2 aromatic rings. The molecule has 0 saturated carbocycles. The van der Waals surface area contributed by atoms with E-state index in [2.05, 4.69) is 15.4 Å². The predicted octanol–water partition coefficient (Wildman–Crippen LogP) is 0.621. The number of aryl methyl sites for hydroxylation is 2. The number of carbonyl (C=O) groups excluding carboxylic acids is 1. The van der Waals surface area contributed by atoms with Crippen molar-refractivity contribution in [2.24, 2.45) is 0 Å². The van der Waals surface area contributed by atoms with Crippen LogP contribution in [0.4, 0.5) is 0 Å². The van der Waals surface area contributed by atoms with E-state index in [9.17, 15) is 13.2 Å². The molecule has 0 bridgehead atoms. The second kappa shape index (κ2) is 7.60. The standard InChI is InChI=1S/C16H22N4O5S/c1-12-15(13(2)25-18-12)26(22,23)20-9-7-19(8-10-20)6-5-17-16(21)14-4-3-11-24-14/h3-4,11H,5-10H2,1-2H3,(H,17,21). The van der Waals surface area contributed by atoms with Gasteiger partial charge in [0.15, 0.2) is 11.5 Å². The van der Waals surface area contributed by atoms with Gasteiger partial charge in [-0.3, -0.25) is 9.69 Å². The van der Waals surface area contributed by atoms with Gasteiger partial charge >= 0.3 is 0 Å². The van der Waals surface area contributed by atoms with Gasteiger partial charge in [0.1, 0.15) is 10.6 Å². The molecule has 142 valence electrons. The minimum atomic E-state index is -3.60. The van der Waals surface area contributed by atoms with Crippen molar-refractivity contribution >= 4 is 15.9 Å². The van der Waals surface area contributed by atoms with Crippen molar-refractivity contribution in [1.29, 1.82) is 0 Å². The van der Waals surface area contributed by atoms with Gasteiger partial charge in [0.05, 0.1) is 6.26 Å². The van der Waals surface area contributed by atoms with E-state index in [1.165, 1.54) is 10.6 Å². The molecule has 0 aliphatic carbocycles. The number of nitrogens with one attached hydrogen (secondary N) is 1. The van der Waals surface area contributed by atoms with Crippen molar-refractivity contribution in [3.8, 4) is 0 Å². The molecule has 1 aliphatic heterocycles. The minimum Gasteiger partial charge on any atom is -0.459 e. The number of hydrogen-bond acceptors (Lipinski definition) is 7. The maximum Gasteiger partial charge on any atom is 0.287 e. The first-order valence-corrected chi connectivity index (χ1v) is 9.80. The normalized spacial score (nSPS) is 16.7. The summed E-state index contributed by atoms with van der Waals surface area (Å²) in [6.07, 6.45) is 1.45. The van der Waals surface area contributed by atoms with Crippen molar-refractivity contribution in [3.63, 3.8) is 0 Å². The maximum absolute atomic E-state index is 12.8. The zero-order valence-corrected chi connectivity index (χ0v) is 15.6.